The lowest BCUT2D eigenvalue weighted by Gasteiger charge is -2.37. The molecule has 0 aliphatic heterocycles. The Labute approximate surface area is 163 Å². The van der Waals surface area contributed by atoms with Crippen LogP contribution in [0.1, 0.15) is 114 Å². The molecule has 0 atom stereocenters. The van der Waals surface area contributed by atoms with Crippen LogP contribution in [0.15, 0.2) is 0 Å². The Hall–Kier alpha value is -0.160. The van der Waals surface area contributed by atoms with Crippen LogP contribution >= 0.6 is 0 Å². The van der Waals surface area contributed by atoms with Gasteiger partial charge in [-0.05, 0) is 52.9 Å². The van der Waals surface area contributed by atoms with Crippen molar-refractivity contribution in [2.24, 2.45) is 11.8 Å². The highest BCUT2D eigenvalue weighted by Gasteiger charge is 2.36. The molecule has 0 bridgehead atoms. The second kappa shape index (κ2) is 11.6. The monoisotopic (exact) mass is 374 g/mol. The summed E-state index contributed by atoms with van der Waals surface area (Å²) >= 11 is 0. The first-order chi connectivity index (χ1) is 11.9. The maximum absolute atomic E-state index is 5.81. The van der Waals surface area contributed by atoms with Crippen LogP contribution in [0.2, 0.25) is 0 Å². The van der Waals surface area contributed by atoms with E-state index in [0.717, 1.165) is 12.8 Å². The molecular formula is C22H46O4. The van der Waals surface area contributed by atoms with Gasteiger partial charge in [0.05, 0.1) is 0 Å². The van der Waals surface area contributed by atoms with E-state index in [-0.39, 0.29) is 11.2 Å². The Bertz CT molecular complexity index is 337. The van der Waals surface area contributed by atoms with E-state index in [1.807, 2.05) is 34.6 Å². The van der Waals surface area contributed by atoms with E-state index in [1.54, 1.807) is 0 Å². The fourth-order valence-electron chi connectivity index (χ4n) is 1.91. The van der Waals surface area contributed by atoms with Crippen LogP contribution in [-0.2, 0) is 19.6 Å². The van der Waals surface area contributed by atoms with Crippen molar-refractivity contribution in [2.45, 2.75) is 131 Å². The van der Waals surface area contributed by atoms with Crippen molar-refractivity contribution in [3.63, 3.8) is 0 Å². The molecule has 0 saturated heterocycles. The van der Waals surface area contributed by atoms with Crippen molar-refractivity contribution in [1.29, 1.82) is 0 Å². The Morgan fingerprint density at radius 2 is 0.962 bits per heavy atom. The molecule has 0 fully saturated rings. The van der Waals surface area contributed by atoms with E-state index in [4.69, 9.17) is 19.6 Å². The number of hydrogen-bond donors (Lipinski definition) is 0. The van der Waals surface area contributed by atoms with Crippen LogP contribution < -0.4 is 0 Å². The maximum Gasteiger partial charge on any atom is 0.231 e. The molecule has 0 spiro atoms. The predicted octanol–water partition coefficient (Wildman–Crippen LogP) is 7.22. The Kier molecular flexibility index (Phi) is 11.6. The van der Waals surface area contributed by atoms with Gasteiger partial charge in [-0.1, -0.05) is 66.7 Å². The molecule has 0 saturated carbocycles. The van der Waals surface area contributed by atoms with Gasteiger partial charge in [-0.3, -0.25) is 0 Å². The minimum atomic E-state index is -0.914. The molecule has 0 aromatic carbocycles. The fraction of sp³-hybridized carbons (Fsp3) is 1.00. The highest BCUT2D eigenvalue weighted by atomic mass is 17.3. The van der Waals surface area contributed by atoms with Gasteiger partial charge in [0.2, 0.25) is 5.79 Å². The van der Waals surface area contributed by atoms with E-state index >= 15 is 0 Å². The molecule has 0 unspecified atom stereocenters. The van der Waals surface area contributed by atoms with Gasteiger partial charge in [0.25, 0.3) is 0 Å². The first-order valence-corrected chi connectivity index (χ1v) is 10.6. The lowest BCUT2D eigenvalue weighted by atomic mass is 9.95. The summed E-state index contributed by atoms with van der Waals surface area (Å²) in [7, 11) is 0. The first kappa shape index (κ1) is 25.8. The van der Waals surface area contributed by atoms with Crippen molar-refractivity contribution in [2.75, 3.05) is 0 Å². The zero-order valence-electron chi connectivity index (χ0n) is 19.2. The largest absolute Gasteiger partial charge is 0.231 e. The van der Waals surface area contributed by atoms with E-state index in [2.05, 4.69) is 34.6 Å². The van der Waals surface area contributed by atoms with Crippen molar-refractivity contribution < 1.29 is 19.6 Å². The zero-order chi connectivity index (χ0) is 20.4. The van der Waals surface area contributed by atoms with Crippen LogP contribution in [0, 0.1) is 11.8 Å². The molecule has 4 heteroatoms. The lowest BCUT2D eigenvalue weighted by molar-refractivity contribution is -0.544. The average molecular weight is 375 g/mol. The van der Waals surface area contributed by atoms with Crippen LogP contribution in [-0.4, -0.2) is 17.0 Å². The molecule has 0 aliphatic carbocycles. The van der Waals surface area contributed by atoms with Crippen molar-refractivity contribution in [3.05, 3.63) is 0 Å². The van der Waals surface area contributed by atoms with E-state index in [1.165, 1.54) is 32.1 Å². The molecule has 26 heavy (non-hydrogen) atoms. The number of hydrogen-bond acceptors (Lipinski definition) is 4. The summed E-state index contributed by atoms with van der Waals surface area (Å²) in [6, 6.07) is 0. The Morgan fingerprint density at radius 1 is 0.577 bits per heavy atom. The number of rotatable bonds is 15. The van der Waals surface area contributed by atoms with Gasteiger partial charge >= 0.3 is 0 Å². The summed E-state index contributed by atoms with van der Waals surface area (Å²) in [6.45, 7) is 20.7. The summed E-state index contributed by atoms with van der Waals surface area (Å²) in [6.07, 6.45) is 8.05. The van der Waals surface area contributed by atoms with Gasteiger partial charge in [-0.15, -0.1) is 0 Å². The zero-order valence-corrected chi connectivity index (χ0v) is 19.2. The topological polar surface area (TPSA) is 36.9 Å². The fourth-order valence-corrected chi connectivity index (χ4v) is 1.91. The van der Waals surface area contributed by atoms with Crippen LogP contribution in [0.5, 0.6) is 0 Å². The summed E-state index contributed by atoms with van der Waals surface area (Å²) < 4.78 is 0. The van der Waals surface area contributed by atoms with Gasteiger partial charge < -0.3 is 0 Å². The number of unbranched alkanes of at least 4 members (excludes halogenated alkanes) is 5. The molecule has 0 rings (SSSR count). The van der Waals surface area contributed by atoms with Crippen molar-refractivity contribution >= 4 is 0 Å². The molecule has 0 aromatic heterocycles. The van der Waals surface area contributed by atoms with Crippen LogP contribution in [0.25, 0.3) is 0 Å². The van der Waals surface area contributed by atoms with Gasteiger partial charge in [-0.2, -0.15) is 9.78 Å². The quantitative estimate of drug-likeness (QED) is 0.131. The molecule has 0 radical (unpaired) electrons. The molecule has 0 N–H and O–H groups in total. The first-order valence-electron chi connectivity index (χ1n) is 10.6. The van der Waals surface area contributed by atoms with Crippen LogP contribution in [0.4, 0.5) is 0 Å². The summed E-state index contributed by atoms with van der Waals surface area (Å²) in [4.78, 5) is 23.2. The maximum atomic E-state index is 5.81. The summed E-state index contributed by atoms with van der Waals surface area (Å²) in [5.74, 6) is -0.258. The van der Waals surface area contributed by atoms with Crippen molar-refractivity contribution in [1.82, 2.24) is 0 Å². The third-order valence-corrected chi connectivity index (χ3v) is 5.63. The molecular weight excluding hydrogens is 328 g/mol. The third-order valence-electron chi connectivity index (χ3n) is 5.63. The standard InChI is InChI=1S/C22H46O4/c1-11-12-13-14-15-16-17-22(10,25-23-20(6,7)18(2)3)26-24-21(8,9)19(4)5/h18-19H,11-17H2,1-10H3. The Balaban J connectivity index is 4.74. The minimum Gasteiger partial charge on any atom is -0.227 e. The van der Waals surface area contributed by atoms with E-state index in [9.17, 15) is 0 Å². The van der Waals surface area contributed by atoms with Crippen molar-refractivity contribution in [3.8, 4) is 0 Å². The second-order valence-corrected chi connectivity index (χ2v) is 9.50. The summed E-state index contributed by atoms with van der Waals surface area (Å²) in [5, 5.41) is 0. The van der Waals surface area contributed by atoms with Crippen LogP contribution in [0.3, 0.4) is 0 Å². The molecule has 4 nitrogen and oxygen atoms in total. The molecule has 158 valence electrons. The lowest BCUT2D eigenvalue weighted by Crippen LogP contribution is -2.42. The third kappa shape index (κ3) is 10.2. The second-order valence-electron chi connectivity index (χ2n) is 9.50. The molecule has 0 aliphatic rings. The molecule has 0 aromatic rings. The summed E-state index contributed by atoms with van der Waals surface area (Å²) in [5.41, 5.74) is -0.779. The highest BCUT2D eigenvalue weighted by molar-refractivity contribution is 4.73. The van der Waals surface area contributed by atoms with Gasteiger partial charge in [-0.25, -0.2) is 9.78 Å². The van der Waals surface area contributed by atoms with Gasteiger partial charge in [0.15, 0.2) is 0 Å². The normalized spacial score (nSPS) is 13.8. The minimum absolute atomic E-state index is 0.328. The van der Waals surface area contributed by atoms with E-state index < -0.39 is 5.79 Å². The van der Waals surface area contributed by atoms with E-state index in [0.29, 0.717) is 11.8 Å². The van der Waals surface area contributed by atoms with Gasteiger partial charge in [0.1, 0.15) is 11.2 Å². The molecule has 0 amide bonds. The SMILES string of the molecule is CCCCCCCCC(C)(OOC(C)(C)C(C)C)OOC(C)(C)C(C)C. The van der Waals surface area contributed by atoms with Gasteiger partial charge in [0, 0.05) is 6.42 Å². The smallest absolute Gasteiger partial charge is 0.227 e. The predicted molar refractivity (Wildman–Crippen MR) is 109 cm³/mol. The average Bonchev–Trinajstić information content (AvgIpc) is 2.54. The molecule has 0 heterocycles. The Morgan fingerprint density at radius 3 is 1.35 bits per heavy atom. The highest BCUT2D eigenvalue weighted by Crippen LogP contribution is 2.31.